The fourth-order valence-corrected chi connectivity index (χ4v) is 3.90. The number of benzene rings is 2. The number of nitrogens with zero attached hydrogens (tertiary/aromatic N) is 3. The smallest absolute Gasteiger partial charge is 0.191 e. The summed E-state index contributed by atoms with van der Waals surface area (Å²) in [5.74, 6) is 2.70. The second-order valence-corrected chi connectivity index (χ2v) is 7.34. The van der Waals surface area contributed by atoms with Gasteiger partial charge in [0.25, 0.3) is 0 Å². The molecule has 24 heavy (non-hydrogen) atoms. The molecule has 4 rings (SSSR count). The number of thioether (sulfide) groups is 1. The molecule has 1 fully saturated rings. The van der Waals surface area contributed by atoms with Gasteiger partial charge in [-0.15, -0.1) is 10.2 Å². The standard InChI is InChI=1S/C20H21N3S/c1-15-7-5-6-10-18(15)14-24-20-22-21-19(17-11-12-17)23(20)13-16-8-3-2-4-9-16/h2-10,17H,11-14H2,1H3. The topological polar surface area (TPSA) is 30.7 Å². The van der Waals surface area contributed by atoms with Crippen molar-refractivity contribution in [1.82, 2.24) is 14.8 Å². The third kappa shape index (κ3) is 3.39. The maximum absolute atomic E-state index is 4.50. The Labute approximate surface area is 147 Å². The lowest BCUT2D eigenvalue weighted by Crippen LogP contribution is -2.06. The Hall–Kier alpha value is -2.07. The van der Waals surface area contributed by atoms with Gasteiger partial charge in [0.1, 0.15) is 5.82 Å². The number of rotatable bonds is 6. The van der Waals surface area contributed by atoms with Crippen molar-refractivity contribution in [3.8, 4) is 0 Å². The number of hydrogen-bond donors (Lipinski definition) is 0. The number of aryl methyl sites for hydroxylation is 1. The molecule has 0 aliphatic heterocycles. The summed E-state index contributed by atoms with van der Waals surface area (Å²) in [4.78, 5) is 0. The zero-order valence-corrected chi connectivity index (χ0v) is 14.7. The summed E-state index contributed by atoms with van der Waals surface area (Å²) in [6.07, 6.45) is 2.49. The van der Waals surface area contributed by atoms with Crippen molar-refractivity contribution >= 4 is 11.8 Å². The first kappa shape index (κ1) is 15.5. The van der Waals surface area contributed by atoms with E-state index in [0.717, 1.165) is 23.3 Å². The van der Waals surface area contributed by atoms with Gasteiger partial charge < -0.3 is 4.57 Å². The van der Waals surface area contributed by atoms with Crippen LogP contribution in [-0.4, -0.2) is 14.8 Å². The molecular weight excluding hydrogens is 314 g/mol. The fourth-order valence-electron chi connectivity index (χ4n) is 2.88. The molecule has 2 aromatic carbocycles. The highest BCUT2D eigenvalue weighted by Crippen LogP contribution is 2.40. The normalized spacial score (nSPS) is 14.0. The molecule has 1 aromatic heterocycles. The van der Waals surface area contributed by atoms with E-state index in [9.17, 15) is 0 Å². The van der Waals surface area contributed by atoms with Crippen LogP contribution < -0.4 is 0 Å². The van der Waals surface area contributed by atoms with E-state index in [1.807, 2.05) is 0 Å². The largest absolute Gasteiger partial charge is 0.301 e. The average molecular weight is 335 g/mol. The minimum atomic E-state index is 0.606. The van der Waals surface area contributed by atoms with Gasteiger partial charge in [0.15, 0.2) is 5.16 Å². The van der Waals surface area contributed by atoms with Gasteiger partial charge in [0, 0.05) is 11.7 Å². The molecule has 0 spiro atoms. The Bertz CT molecular complexity index is 822. The molecule has 3 nitrogen and oxygen atoms in total. The maximum Gasteiger partial charge on any atom is 0.191 e. The van der Waals surface area contributed by atoms with Gasteiger partial charge in [-0.2, -0.15) is 0 Å². The molecule has 0 radical (unpaired) electrons. The van der Waals surface area contributed by atoms with Crippen molar-refractivity contribution in [2.24, 2.45) is 0 Å². The van der Waals surface area contributed by atoms with Gasteiger partial charge in [-0.3, -0.25) is 0 Å². The minimum Gasteiger partial charge on any atom is -0.301 e. The molecule has 4 heteroatoms. The highest BCUT2D eigenvalue weighted by molar-refractivity contribution is 7.98. The predicted octanol–water partition coefficient (Wildman–Crippen LogP) is 4.80. The van der Waals surface area contributed by atoms with Crippen molar-refractivity contribution < 1.29 is 0 Å². The van der Waals surface area contributed by atoms with E-state index in [1.165, 1.54) is 29.5 Å². The number of aromatic nitrogens is 3. The van der Waals surface area contributed by atoms with Crippen molar-refractivity contribution in [2.75, 3.05) is 0 Å². The molecular formula is C20H21N3S. The first-order valence-electron chi connectivity index (χ1n) is 8.45. The Kier molecular flexibility index (Phi) is 4.39. The monoisotopic (exact) mass is 335 g/mol. The molecule has 1 aliphatic carbocycles. The molecule has 0 N–H and O–H groups in total. The zero-order valence-electron chi connectivity index (χ0n) is 13.9. The molecule has 1 saturated carbocycles. The Balaban J connectivity index is 1.57. The maximum atomic E-state index is 4.50. The van der Waals surface area contributed by atoms with Gasteiger partial charge in [0.05, 0.1) is 6.54 Å². The van der Waals surface area contributed by atoms with E-state index in [1.54, 1.807) is 11.8 Å². The molecule has 0 atom stereocenters. The summed E-state index contributed by atoms with van der Waals surface area (Å²) in [7, 11) is 0. The molecule has 0 saturated heterocycles. The second kappa shape index (κ2) is 6.81. The van der Waals surface area contributed by atoms with Crippen LogP contribution in [0.1, 0.15) is 41.3 Å². The van der Waals surface area contributed by atoms with E-state index >= 15 is 0 Å². The summed E-state index contributed by atoms with van der Waals surface area (Å²) in [5, 5.41) is 10.0. The molecule has 0 unspecified atom stereocenters. The van der Waals surface area contributed by atoms with E-state index < -0.39 is 0 Å². The zero-order chi connectivity index (χ0) is 16.4. The third-order valence-electron chi connectivity index (χ3n) is 4.49. The molecule has 0 bridgehead atoms. The molecule has 3 aromatic rings. The Morgan fingerprint density at radius 2 is 1.75 bits per heavy atom. The Morgan fingerprint density at radius 3 is 2.50 bits per heavy atom. The van der Waals surface area contributed by atoms with Crippen LogP contribution in [0.5, 0.6) is 0 Å². The summed E-state index contributed by atoms with van der Waals surface area (Å²) >= 11 is 1.79. The van der Waals surface area contributed by atoms with Gasteiger partial charge in [-0.1, -0.05) is 66.4 Å². The van der Waals surface area contributed by atoms with Crippen molar-refractivity contribution in [3.05, 3.63) is 77.1 Å². The third-order valence-corrected chi connectivity index (χ3v) is 5.51. The summed E-state index contributed by atoms with van der Waals surface area (Å²) in [5.41, 5.74) is 4.00. The molecule has 0 amide bonds. The van der Waals surface area contributed by atoms with Crippen LogP contribution in [0.15, 0.2) is 59.8 Å². The van der Waals surface area contributed by atoms with Crippen molar-refractivity contribution in [2.45, 2.75) is 43.1 Å². The van der Waals surface area contributed by atoms with E-state index in [-0.39, 0.29) is 0 Å². The van der Waals surface area contributed by atoms with Crippen LogP contribution in [0, 0.1) is 6.92 Å². The van der Waals surface area contributed by atoms with Crippen LogP contribution in [0.4, 0.5) is 0 Å². The molecule has 1 heterocycles. The van der Waals surface area contributed by atoms with Gasteiger partial charge in [-0.25, -0.2) is 0 Å². The number of hydrogen-bond acceptors (Lipinski definition) is 3. The van der Waals surface area contributed by atoms with Gasteiger partial charge in [-0.05, 0) is 36.5 Å². The second-order valence-electron chi connectivity index (χ2n) is 6.40. The lowest BCUT2D eigenvalue weighted by molar-refractivity contribution is 0.667. The summed E-state index contributed by atoms with van der Waals surface area (Å²) in [6.45, 7) is 3.02. The highest BCUT2D eigenvalue weighted by atomic mass is 32.2. The van der Waals surface area contributed by atoms with E-state index in [2.05, 4.69) is 76.3 Å². The molecule has 1 aliphatic rings. The van der Waals surface area contributed by atoms with Crippen LogP contribution in [-0.2, 0) is 12.3 Å². The van der Waals surface area contributed by atoms with Crippen molar-refractivity contribution in [3.63, 3.8) is 0 Å². The lowest BCUT2D eigenvalue weighted by Gasteiger charge is -2.10. The highest BCUT2D eigenvalue weighted by Gasteiger charge is 2.30. The van der Waals surface area contributed by atoms with Gasteiger partial charge >= 0.3 is 0 Å². The van der Waals surface area contributed by atoms with Crippen LogP contribution in [0.25, 0.3) is 0 Å². The lowest BCUT2D eigenvalue weighted by atomic mass is 10.1. The van der Waals surface area contributed by atoms with E-state index in [4.69, 9.17) is 0 Å². The fraction of sp³-hybridized carbons (Fsp3) is 0.300. The van der Waals surface area contributed by atoms with Crippen LogP contribution in [0.3, 0.4) is 0 Å². The Morgan fingerprint density at radius 1 is 1.00 bits per heavy atom. The van der Waals surface area contributed by atoms with Crippen molar-refractivity contribution in [1.29, 1.82) is 0 Å². The summed E-state index contributed by atoms with van der Waals surface area (Å²) in [6, 6.07) is 19.2. The SMILES string of the molecule is Cc1ccccc1CSc1nnc(C2CC2)n1Cc1ccccc1. The summed E-state index contributed by atoms with van der Waals surface area (Å²) < 4.78 is 2.32. The minimum absolute atomic E-state index is 0.606. The first-order valence-corrected chi connectivity index (χ1v) is 9.44. The quantitative estimate of drug-likeness (QED) is 0.606. The van der Waals surface area contributed by atoms with Crippen LogP contribution in [0.2, 0.25) is 0 Å². The average Bonchev–Trinajstić information content (AvgIpc) is 3.38. The predicted molar refractivity (Wildman–Crippen MR) is 98.3 cm³/mol. The first-order chi connectivity index (χ1) is 11.8. The van der Waals surface area contributed by atoms with Crippen LogP contribution >= 0.6 is 11.8 Å². The van der Waals surface area contributed by atoms with Gasteiger partial charge in [0.2, 0.25) is 0 Å². The van der Waals surface area contributed by atoms with E-state index in [0.29, 0.717) is 5.92 Å². The molecule has 122 valence electrons.